The number of carbonyl (C=O) groups is 3. The van der Waals surface area contributed by atoms with Crippen LogP contribution in [0.5, 0.6) is 0 Å². The van der Waals surface area contributed by atoms with Crippen molar-refractivity contribution in [2.45, 2.75) is 58.5 Å². The second-order valence-electron chi connectivity index (χ2n) is 5.78. The topological polar surface area (TPSA) is 78.9 Å². The van der Waals surface area contributed by atoms with Crippen LogP contribution in [0.3, 0.4) is 0 Å². The van der Waals surface area contributed by atoms with Gasteiger partial charge >= 0.3 is 17.9 Å². The minimum Gasteiger partial charge on any atom is -0.469 e. The van der Waals surface area contributed by atoms with Crippen LogP contribution in [0.4, 0.5) is 0 Å². The summed E-state index contributed by atoms with van der Waals surface area (Å²) in [5.41, 5.74) is 0.983. The van der Waals surface area contributed by atoms with E-state index in [2.05, 4.69) is 4.74 Å². The fourth-order valence-electron chi connectivity index (χ4n) is 2.82. The molecule has 1 aliphatic rings. The molecule has 0 aromatic heterocycles. The van der Waals surface area contributed by atoms with Crippen molar-refractivity contribution in [1.82, 2.24) is 0 Å². The highest BCUT2D eigenvalue weighted by Crippen LogP contribution is 2.32. The monoisotopic (exact) mass is 326 g/mol. The zero-order valence-electron chi connectivity index (χ0n) is 14.1. The van der Waals surface area contributed by atoms with Crippen LogP contribution in [0.15, 0.2) is 11.6 Å². The summed E-state index contributed by atoms with van der Waals surface area (Å²) in [5.74, 6) is -1.12. The molecule has 0 aromatic rings. The van der Waals surface area contributed by atoms with E-state index in [1.807, 2.05) is 13.0 Å². The Balaban J connectivity index is 2.44. The lowest BCUT2D eigenvalue weighted by Gasteiger charge is -2.24. The zero-order chi connectivity index (χ0) is 17.2. The Morgan fingerprint density at radius 2 is 1.78 bits per heavy atom. The Labute approximate surface area is 137 Å². The first-order valence-corrected chi connectivity index (χ1v) is 8.00. The fourth-order valence-corrected chi connectivity index (χ4v) is 2.82. The standard InChI is InChI=1S/C17H26O6/c1-12(7-6-10-22-16(20)11-15(19)21-3)17(23-13(2)18)14-8-4-5-9-14/h7,14,17H,4-6,8-11H2,1-3H3/b12-7+. The quantitative estimate of drug-likeness (QED) is 0.224. The number of carbonyl (C=O) groups excluding carboxylic acids is 3. The van der Waals surface area contributed by atoms with Gasteiger partial charge in [-0.3, -0.25) is 14.4 Å². The molecule has 6 nitrogen and oxygen atoms in total. The van der Waals surface area contributed by atoms with E-state index in [4.69, 9.17) is 9.47 Å². The number of methoxy groups -OCH3 is 1. The van der Waals surface area contributed by atoms with E-state index in [9.17, 15) is 14.4 Å². The van der Waals surface area contributed by atoms with E-state index in [0.717, 1.165) is 18.4 Å². The summed E-state index contributed by atoms with van der Waals surface area (Å²) in [6.45, 7) is 3.54. The third kappa shape index (κ3) is 7.30. The number of ether oxygens (including phenoxy) is 3. The summed E-state index contributed by atoms with van der Waals surface area (Å²) in [4.78, 5) is 33.6. The maximum atomic E-state index is 11.3. The Hall–Kier alpha value is -1.85. The van der Waals surface area contributed by atoms with Crippen molar-refractivity contribution in [2.24, 2.45) is 5.92 Å². The number of hydrogen-bond acceptors (Lipinski definition) is 6. The number of rotatable bonds is 8. The van der Waals surface area contributed by atoms with E-state index >= 15 is 0 Å². The second kappa shape index (κ2) is 10.0. The molecular formula is C17H26O6. The molecule has 0 spiro atoms. The van der Waals surface area contributed by atoms with Crippen molar-refractivity contribution in [2.75, 3.05) is 13.7 Å². The summed E-state index contributed by atoms with van der Waals surface area (Å²) in [6.07, 6.45) is 6.34. The smallest absolute Gasteiger partial charge is 0.317 e. The highest BCUT2D eigenvalue weighted by atomic mass is 16.5. The van der Waals surface area contributed by atoms with E-state index in [-0.39, 0.29) is 25.1 Å². The van der Waals surface area contributed by atoms with E-state index in [1.54, 1.807) is 0 Å². The molecule has 0 heterocycles. The molecule has 0 amide bonds. The summed E-state index contributed by atoms with van der Waals surface area (Å²) in [6, 6.07) is 0. The van der Waals surface area contributed by atoms with Gasteiger partial charge in [0.1, 0.15) is 12.5 Å². The molecule has 0 aromatic carbocycles. The van der Waals surface area contributed by atoms with Crippen LogP contribution in [-0.4, -0.2) is 37.7 Å². The van der Waals surface area contributed by atoms with Crippen molar-refractivity contribution in [1.29, 1.82) is 0 Å². The van der Waals surface area contributed by atoms with Gasteiger partial charge in [-0.05, 0) is 37.7 Å². The second-order valence-corrected chi connectivity index (χ2v) is 5.78. The van der Waals surface area contributed by atoms with Gasteiger partial charge in [-0.15, -0.1) is 0 Å². The Morgan fingerprint density at radius 3 is 2.35 bits per heavy atom. The van der Waals surface area contributed by atoms with Crippen molar-refractivity contribution in [3.05, 3.63) is 11.6 Å². The van der Waals surface area contributed by atoms with Crippen molar-refractivity contribution in [3.63, 3.8) is 0 Å². The third-order valence-electron chi connectivity index (χ3n) is 3.93. The minimum absolute atomic E-state index is 0.185. The third-order valence-corrected chi connectivity index (χ3v) is 3.93. The van der Waals surface area contributed by atoms with Crippen LogP contribution >= 0.6 is 0 Å². The fraction of sp³-hybridized carbons (Fsp3) is 0.706. The molecule has 1 atom stereocenters. The first-order valence-electron chi connectivity index (χ1n) is 8.00. The SMILES string of the molecule is COC(=O)CC(=O)OCC/C=C(\C)C(OC(C)=O)C1CCCC1. The lowest BCUT2D eigenvalue weighted by Crippen LogP contribution is -2.25. The van der Waals surface area contributed by atoms with Gasteiger partial charge in [0.2, 0.25) is 0 Å². The molecule has 0 aliphatic heterocycles. The van der Waals surface area contributed by atoms with Crippen LogP contribution in [0, 0.1) is 5.92 Å². The lowest BCUT2D eigenvalue weighted by molar-refractivity contribution is -0.153. The van der Waals surface area contributed by atoms with Crippen LogP contribution in [-0.2, 0) is 28.6 Å². The predicted octanol–water partition coefficient (Wildman–Crippen LogP) is 2.55. The Morgan fingerprint density at radius 1 is 1.13 bits per heavy atom. The van der Waals surface area contributed by atoms with Gasteiger partial charge in [0, 0.05) is 6.92 Å². The normalized spacial score (nSPS) is 16.7. The molecule has 1 unspecified atom stereocenters. The molecule has 130 valence electrons. The first kappa shape index (κ1) is 19.2. The summed E-state index contributed by atoms with van der Waals surface area (Å²) < 4.78 is 14.8. The minimum atomic E-state index is -0.613. The van der Waals surface area contributed by atoms with Gasteiger partial charge in [-0.25, -0.2) is 0 Å². The van der Waals surface area contributed by atoms with Crippen LogP contribution < -0.4 is 0 Å². The molecule has 1 saturated carbocycles. The van der Waals surface area contributed by atoms with E-state index < -0.39 is 11.9 Å². The lowest BCUT2D eigenvalue weighted by atomic mass is 9.94. The van der Waals surface area contributed by atoms with Crippen molar-refractivity contribution >= 4 is 17.9 Å². The molecular weight excluding hydrogens is 300 g/mol. The van der Waals surface area contributed by atoms with Gasteiger partial charge in [-0.1, -0.05) is 18.9 Å². The maximum absolute atomic E-state index is 11.3. The largest absolute Gasteiger partial charge is 0.469 e. The molecule has 1 rings (SSSR count). The Kier molecular flexibility index (Phi) is 8.37. The first-order chi connectivity index (χ1) is 10.9. The summed E-state index contributed by atoms with van der Waals surface area (Å²) in [7, 11) is 1.22. The molecule has 0 radical (unpaired) electrons. The highest BCUT2D eigenvalue weighted by Gasteiger charge is 2.28. The van der Waals surface area contributed by atoms with Gasteiger partial charge < -0.3 is 14.2 Å². The van der Waals surface area contributed by atoms with Crippen LogP contribution in [0.25, 0.3) is 0 Å². The summed E-state index contributed by atoms with van der Waals surface area (Å²) >= 11 is 0. The zero-order valence-corrected chi connectivity index (χ0v) is 14.1. The van der Waals surface area contributed by atoms with E-state index in [1.165, 1.54) is 26.9 Å². The van der Waals surface area contributed by atoms with Gasteiger partial charge in [-0.2, -0.15) is 0 Å². The molecule has 23 heavy (non-hydrogen) atoms. The highest BCUT2D eigenvalue weighted by molar-refractivity contribution is 5.91. The molecule has 6 heteroatoms. The average Bonchev–Trinajstić information content (AvgIpc) is 3.02. The van der Waals surface area contributed by atoms with Crippen molar-refractivity contribution in [3.8, 4) is 0 Å². The van der Waals surface area contributed by atoms with Gasteiger partial charge in [0.05, 0.1) is 13.7 Å². The molecule has 0 N–H and O–H groups in total. The predicted molar refractivity (Wildman–Crippen MR) is 83.5 cm³/mol. The summed E-state index contributed by atoms with van der Waals surface area (Å²) in [5, 5.41) is 0. The molecule has 0 bridgehead atoms. The number of hydrogen-bond donors (Lipinski definition) is 0. The van der Waals surface area contributed by atoms with E-state index in [0.29, 0.717) is 12.3 Å². The average molecular weight is 326 g/mol. The molecule has 0 saturated heterocycles. The number of esters is 3. The maximum Gasteiger partial charge on any atom is 0.317 e. The molecule has 1 fully saturated rings. The Bertz CT molecular complexity index is 448. The van der Waals surface area contributed by atoms with Gasteiger partial charge in [0.15, 0.2) is 0 Å². The van der Waals surface area contributed by atoms with Crippen LogP contribution in [0.1, 0.15) is 52.4 Å². The van der Waals surface area contributed by atoms with Crippen LogP contribution in [0.2, 0.25) is 0 Å². The van der Waals surface area contributed by atoms with Crippen molar-refractivity contribution < 1.29 is 28.6 Å². The van der Waals surface area contributed by atoms with Gasteiger partial charge in [0.25, 0.3) is 0 Å². The molecule has 1 aliphatic carbocycles.